The second-order valence-electron chi connectivity index (χ2n) is 6.67. The molecule has 2 bridgehead atoms. The first-order valence-electron chi connectivity index (χ1n) is 8.85. The topological polar surface area (TPSA) is 46.6 Å². The Morgan fingerprint density at radius 1 is 1.25 bits per heavy atom. The summed E-state index contributed by atoms with van der Waals surface area (Å²) < 4.78 is 5.34. The molecule has 0 aliphatic carbocycles. The third-order valence-corrected chi connectivity index (χ3v) is 5.53. The van der Waals surface area contributed by atoms with Crippen molar-refractivity contribution >= 4 is 18.0 Å². The zero-order valence-electron chi connectivity index (χ0n) is 14.4. The van der Waals surface area contributed by atoms with Crippen LogP contribution in [-0.2, 0) is 14.3 Å². The van der Waals surface area contributed by atoms with Crippen LogP contribution < -0.4 is 0 Å². The van der Waals surface area contributed by atoms with Gasteiger partial charge in [-0.25, -0.2) is 0 Å². The highest BCUT2D eigenvalue weighted by Crippen LogP contribution is 2.52. The minimum Gasteiger partial charge on any atom is -0.466 e. The molecule has 24 heavy (non-hydrogen) atoms. The smallest absolute Gasteiger partial charge is 0.314 e. The van der Waals surface area contributed by atoms with Crippen LogP contribution in [0.25, 0.3) is 6.08 Å². The van der Waals surface area contributed by atoms with E-state index in [1.54, 1.807) is 6.08 Å². The molecule has 2 fully saturated rings. The standard InChI is InChI=1S/C20H25NO3/c1-3-20(19(23)24-4-2)14-16-11-12-17(20)21(16)18(22)13-10-15-8-6-5-7-9-15/h5-10,13,16-17H,3-4,11-12,14H2,1-2H3/b13-10+/t16-,17+,20+/m1/s1. The molecule has 3 atom stereocenters. The Kier molecular flexibility index (Phi) is 4.74. The molecule has 0 saturated carbocycles. The van der Waals surface area contributed by atoms with Crippen molar-refractivity contribution in [2.24, 2.45) is 5.41 Å². The highest BCUT2D eigenvalue weighted by molar-refractivity contribution is 5.94. The maximum absolute atomic E-state index is 12.8. The van der Waals surface area contributed by atoms with Gasteiger partial charge in [-0.3, -0.25) is 9.59 Å². The van der Waals surface area contributed by atoms with Gasteiger partial charge in [0.05, 0.1) is 12.0 Å². The van der Waals surface area contributed by atoms with Gasteiger partial charge in [-0.05, 0) is 44.2 Å². The van der Waals surface area contributed by atoms with Crippen LogP contribution in [-0.4, -0.2) is 35.5 Å². The summed E-state index contributed by atoms with van der Waals surface area (Å²) in [4.78, 5) is 27.2. The van der Waals surface area contributed by atoms with Gasteiger partial charge in [-0.2, -0.15) is 0 Å². The lowest BCUT2D eigenvalue weighted by Crippen LogP contribution is -2.45. The second kappa shape index (κ2) is 6.80. The molecule has 2 saturated heterocycles. The molecule has 0 radical (unpaired) electrons. The van der Waals surface area contributed by atoms with Crippen molar-refractivity contribution in [1.29, 1.82) is 0 Å². The van der Waals surface area contributed by atoms with E-state index in [1.165, 1.54) is 0 Å². The zero-order chi connectivity index (χ0) is 17.2. The molecule has 0 N–H and O–H groups in total. The van der Waals surface area contributed by atoms with Crippen molar-refractivity contribution < 1.29 is 14.3 Å². The minimum absolute atomic E-state index is 0.00553. The lowest BCUT2D eigenvalue weighted by molar-refractivity contribution is -0.158. The molecule has 2 heterocycles. The van der Waals surface area contributed by atoms with Gasteiger partial charge < -0.3 is 9.64 Å². The van der Waals surface area contributed by atoms with Crippen molar-refractivity contribution in [3.63, 3.8) is 0 Å². The Hall–Kier alpha value is -2.10. The number of hydrogen-bond donors (Lipinski definition) is 0. The molecule has 0 spiro atoms. The lowest BCUT2D eigenvalue weighted by atomic mass is 9.72. The van der Waals surface area contributed by atoms with Gasteiger partial charge in [0.25, 0.3) is 0 Å². The van der Waals surface area contributed by atoms with Gasteiger partial charge in [0.2, 0.25) is 5.91 Å². The quantitative estimate of drug-likeness (QED) is 0.615. The fourth-order valence-electron chi connectivity index (χ4n) is 4.35. The number of benzene rings is 1. The number of hydrogen-bond acceptors (Lipinski definition) is 3. The van der Waals surface area contributed by atoms with Gasteiger partial charge in [0, 0.05) is 18.2 Å². The van der Waals surface area contributed by atoms with Crippen molar-refractivity contribution in [1.82, 2.24) is 4.90 Å². The van der Waals surface area contributed by atoms with Gasteiger partial charge in [0.1, 0.15) is 0 Å². The molecule has 4 heteroatoms. The first kappa shape index (κ1) is 16.7. The van der Waals surface area contributed by atoms with Crippen LogP contribution in [0.5, 0.6) is 0 Å². The van der Waals surface area contributed by atoms with Crippen LogP contribution in [0.2, 0.25) is 0 Å². The Bertz CT molecular complexity index is 640. The van der Waals surface area contributed by atoms with Crippen LogP contribution in [0, 0.1) is 5.41 Å². The number of fused-ring (bicyclic) bond motifs is 2. The number of nitrogens with zero attached hydrogens (tertiary/aromatic N) is 1. The molecule has 2 aliphatic heterocycles. The second-order valence-corrected chi connectivity index (χ2v) is 6.67. The van der Waals surface area contributed by atoms with Gasteiger partial charge in [-0.1, -0.05) is 37.3 Å². The Labute approximate surface area is 143 Å². The maximum Gasteiger partial charge on any atom is 0.314 e. The number of esters is 1. The summed E-state index contributed by atoms with van der Waals surface area (Å²) in [5.41, 5.74) is 0.486. The molecular formula is C20H25NO3. The molecule has 0 unspecified atom stereocenters. The third kappa shape index (κ3) is 2.74. The summed E-state index contributed by atoms with van der Waals surface area (Å²) in [6.45, 7) is 4.25. The number of carbonyl (C=O) groups excluding carboxylic acids is 2. The average Bonchev–Trinajstić information content (AvgIpc) is 3.17. The Morgan fingerprint density at radius 3 is 2.67 bits per heavy atom. The fraction of sp³-hybridized carbons (Fsp3) is 0.500. The first-order chi connectivity index (χ1) is 11.6. The van der Waals surface area contributed by atoms with Crippen LogP contribution in [0.4, 0.5) is 0 Å². The third-order valence-electron chi connectivity index (χ3n) is 5.53. The number of rotatable bonds is 5. The number of ether oxygens (including phenoxy) is 1. The highest BCUT2D eigenvalue weighted by atomic mass is 16.5. The highest BCUT2D eigenvalue weighted by Gasteiger charge is 2.60. The van der Waals surface area contributed by atoms with E-state index in [9.17, 15) is 9.59 Å². The normalized spacial score (nSPS) is 28.5. The molecule has 3 rings (SSSR count). The van der Waals surface area contributed by atoms with Crippen LogP contribution in [0.1, 0.15) is 45.1 Å². The fourth-order valence-corrected chi connectivity index (χ4v) is 4.35. The molecule has 1 aromatic rings. The van der Waals surface area contributed by atoms with E-state index in [4.69, 9.17) is 4.74 Å². The minimum atomic E-state index is -0.519. The molecule has 1 amide bonds. The Balaban J connectivity index is 1.79. The van der Waals surface area contributed by atoms with Gasteiger partial charge >= 0.3 is 5.97 Å². The summed E-state index contributed by atoms with van der Waals surface area (Å²) in [5.74, 6) is -0.129. The maximum atomic E-state index is 12.8. The van der Waals surface area contributed by atoms with Crippen molar-refractivity contribution in [3.05, 3.63) is 42.0 Å². The van der Waals surface area contributed by atoms with E-state index in [-0.39, 0.29) is 24.0 Å². The molecular weight excluding hydrogens is 302 g/mol. The molecule has 128 valence electrons. The van der Waals surface area contributed by atoms with E-state index >= 15 is 0 Å². The van der Waals surface area contributed by atoms with E-state index in [0.29, 0.717) is 6.61 Å². The van der Waals surface area contributed by atoms with Gasteiger partial charge in [-0.15, -0.1) is 0 Å². The monoisotopic (exact) mass is 327 g/mol. The largest absolute Gasteiger partial charge is 0.466 e. The summed E-state index contributed by atoms with van der Waals surface area (Å²) in [6.07, 6.45) is 6.81. The summed E-state index contributed by atoms with van der Waals surface area (Å²) >= 11 is 0. The molecule has 4 nitrogen and oxygen atoms in total. The van der Waals surface area contributed by atoms with Crippen LogP contribution >= 0.6 is 0 Å². The van der Waals surface area contributed by atoms with Crippen molar-refractivity contribution in [2.45, 2.75) is 51.6 Å². The zero-order valence-corrected chi connectivity index (χ0v) is 14.4. The predicted octanol–water partition coefficient (Wildman–Crippen LogP) is 3.42. The SMILES string of the molecule is CCOC(=O)[C@@]1(CC)C[C@H]2CC[C@@H]1N2C(=O)/C=C/c1ccccc1. The molecule has 2 aliphatic rings. The molecule has 0 aromatic heterocycles. The number of carbonyl (C=O) groups is 2. The first-order valence-corrected chi connectivity index (χ1v) is 8.85. The van der Waals surface area contributed by atoms with E-state index in [0.717, 1.165) is 31.2 Å². The van der Waals surface area contributed by atoms with E-state index in [2.05, 4.69) is 0 Å². The van der Waals surface area contributed by atoms with Gasteiger partial charge in [0.15, 0.2) is 0 Å². The Morgan fingerprint density at radius 2 is 2.00 bits per heavy atom. The number of amides is 1. The van der Waals surface area contributed by atoms with Crippen LogP contribution in [0.15, 0.2) is 36.4 Å². The van der Waals surface area contributed by atoms with E-state index in [1.807, 2.05) is 55.2 Å². The van der Waals surface area contributed by atoms with Crippen molar-refractivity contribution in [2.75, 3.05) is 6.61 Å². The summed E-state index contributed by atoms with van der Waals surface area (Å²) in [7, 11) is 0. The summed E-state index contributed by atoms with van der Waals surface area (Å²) in [6, 6.07) is 9.93. The lowest BCUT2D eigenvalue weighted by Gasteiger charge is -2.33. The van der Waals surface area contributed by atoms with Crippen LogP contribution in [0.3, 0.4) is 0 Å². The summed E-state index contributed by atoms with van der Waals surface area (Å²) in [5, 5.41) is 0. The van der Waals surface area contributed by atoms with Crippen molar-refractivity contribution in [3.8, 4) is 0 Å². The van der Waals surface area contributed by atoms with E-state index < -0.39 is 5.41 Å². The predicted molar refractivity (Wildman–Crippen MR) is 93.1 cm³/mol. The molecule has 1 aromatic carbocycles. The average molecular weight is 327 g/mol.